The van der Waals surface area contributed by atoms with Gasteiger partial charge in [-0.1, -0.05) is 11.6 Å². The van der Waals surface area contributed by atoms with Crippen molar-refractivity contribution in [2.24, 2.45) is 5.73 Å². The molecule has 1 heterocycles. The number of nitrogens with zero attached hydrogens (tertiary/aromatic N) is 1. The Balaban J connectivity index is 2.00. The average molecular weight is 514 g/mol. The highest BCUT2D eigenvalue weighted by Crippen LogP contribution is 2.39. The van der Waals surface area contributed by atoms with Crippen molar-refractivity contribution in [1.82, 2.24) is 4.98 Å². The summed E-state index contributed by atoms with van der Waals surface area (Å²) in [5, 5.41) is 2.33. The van der Waals surface area contributed by atoms with Crippen LogP contribution in [-0.2, 0) is 0 Å². The summed E-state index contributed by atoms with van der Waals surface area (Å²) in [5.41, 5.74) is 4.50. The maximum Gasteiger partial charge on any atom is 0.573 e. The third kappa shape index (κ3) is 6.09. The molecule has 3 aromatic rings. The van der Waals surface area contributed by atoms with Gasteiger partial charge in [-0.15, -0.1) is 13.2 Å². The minimum absolute atomic E-state index is 0.0578. The summed E-state index contributed by atoms with van der Waals surface area (Å²) >= 11 is 6.06. The van der Waals surface area contributed by atoms with Crippen molar-refractivity contribution in [3.63, 3.8) is 0 Å². The van der Waals surface area contributed by atoms with Gasteiger partial charge in [0.15, 0.2) is 11.5 Å². The van der Waals surface area contributed by atoms with E-state index in [9.17, 15) is 22.8 Å². The summed E-state index contributed by atoms with van der Waals surface area (Å²) in [6.45, 7) is 1.33. The number of carbonyl (C=O) groups excluding carboxylic acids is 2. The predicted octanol–water partition coefficient (Wildman–Crippen LogP) is 5.23. The Morgan fingerprint density at radius 1 is 1.09 bits per heavy atom. The van der Waals surface area contributed by atoms with Gasteiger partial charge in [0.1, 0.15) is 28.6 Å². The summed E-state index contributed by atoms with van der Waals surface area (Å²) in [5.74, 6) is -4.13. The van der Waals surface area contributed by atoms with E-state index in [4.69, 9.17) is 26.8 Å². The Morgan fingerprint density at radius 2 is 1.80 bits per heavy atom. The van der Waals surface area contributed by atoms with Gasteiger partial charge in [-0.3, -0.25) is 14.6 Å². The number of ether oxygens (including phenoxy) is 3. The fraction of sp³-hybridized carbons (Fsp3) is 0.136. The van der Waals surface area contributed by atoms with Gasteiger partial charge in [0, 0.05) is 29.6 Å². The standard InChI is InChI=1S/C22H16ClF4N3O5/c1-10-13(23)9-17(34-15-4-3-12(8-16(15)33-2)35-22(25,26)27)18(19(10)24)21(32)30-11-5-6-29-14(7-11)20(28)31/h3-9H,1-2H3,(H2,28,31)(H,29,30,32). The second-order valence-corrected chi connectivity index (χ2v) is 7.29. The summed E-state index contributed by atoms with van der Waals surface area (Å²) in [6.07, 6.45) is -3.72. The number of rotatable bonds is 7. The van der Waals surface area contributed by atoms with Gasteiger partial charge in [0.25, 0.3) is 11.8 Å². The zero-order valence-electron chi connectivity index (χ0n) is 18.0. The van der Waals surface area contributed by atoms with Crippen LogP contribution in [0.25, 0.3) is 0 Å². The molecule has 2 amide bonds. The number of hydrogen-bond acceptors (Lipinski definition) is 6. The molecule has 0 fully saturated rings. The van der Waals surface area contributed by atoms with Crippen molar-refractivity contribution in [1.29, 1.82) is 0 Å². The highest BCUT2D eigenvalue weighted by atomic mass is 35.5. The molecule has 1 aromatic heterocycles. The SMILES string of the molecule is COc1cc(OC(F)(F)F)ccc1Oc1cc(Cl)c(C)c(F)c1C(=O)Nc1ccnc(C(N)=O)c1. The number of amides is 2. The van der Waals surface area contributed by atoms with Gasteiger partial charge in [-0.05, 0) is 31.2 Å². The lowest BCUT2D eigenvalue weighted by molar-refractivity contribution is -0.274. The van der Waals surface area contributed by atoms with Crippen LogP contribution in [0.3, 0.4) is 0 Å². The molecule has 0 bridgehead atoms. The Labute approximate surface area is 200 Å². The minimum Gasteiger partial charge on any atom is -0.493 e. The van der Waals surface area contributed by atoms with Crippen LogP contribution in [-0.4, -0.2) is 30.3 Å². The number of nitrogens with one attached hydrogen (secondary N) is 1. The maximum absolute atomic E-state index is 15.1. The molecule has 0 unspecified atom stereocenters. The number of nitrogens with two attached hydrogens (primary N) is 1. The van der Waals surface area contributed by atoms with E-state index in [1.807, 2.05) is 0 Å². The van der Waals surface area contributed by atoms with Gasteiger partial charge >= 0.3 is 6.36 Å². The van der Waals surface area contributed by atoms with Crippen molar-refractivity contribution in [3.05, 3.63) is 70.3 Å². The van der Waals surface area contributed by atoms with Crippen molar-refractivity contribution in [2.75, 3.05) is 12.4 Å². The average Bonchev–Trinajstić information content (AvgIpc) is 2.77. The molecular weight excluding hydrogens is 498 g/mol. The number of halogens is 5. The molecule has 0 aliphatic carbocycles. The first-order valence-electron chi connectivity index (χ1n) is 9.57. The number of pyridine rings is 1. The normalized spacial score (nSPS) is 11.1. The van der Waals surface area contributed by atoms with Gasteiger partial charge in [-0.25, -0.2) is 4.39 Å². The van der Waals surface area contributed by atoms with Crippen LogP contribution in [0.15, 0.2) is 42.6 Å². The summed E-state index contributed by atoms with van der Waals surface area (Å²) in [4.78, 5) is 28.0. The molecule has 2 aromatic carbocycles. The molecule has 8 nitrogen and oxygen atoms in total. The fourth-order valence-corrected chi connectivity index (χ4v) is 3.05. The highest BCUT2D eigenvalue weighted by Gasteiger charge is 2.31. The van der Waals surface area contributed by atoms with E-state index < -0.39 is 35.3 Å². The first kappa shape index (κ1) is 25.6. The number of anilines is 1. The van der Waals surface area contributed by atoms with E-state index >= 15 is 4.39 Å². The van der Waals surface area contributed by atoms with E-state index in [0.717, 1.165) is 31.4 Å². The lowest BCUT2D eigenvalue weighted by atomic mass is 10.1. The Hall–Kier alpha value is -4.06. The first-order chi connectivity index (χ1) is 16.4. The minimum atomic E-state index is -4.94. The molecule has 13 heteroatoms. The molecule has 0 saturated heterocycles. The zero-order valence-corrected chi connectivity index (χ0v) is 18.8. The van der Waals surface area contributed by atoms with Crippen LogP contribution in [0, 0.1) is 12.7 Å². The van der Waals surface area contributed by atoms with Crippen LogP contribution < -0.4 is 25.3 Å². The topological polar surface area (TPSA) is 113 Å². The molecule has 184 valence electrons. The van der Waals surface area contributed by atoms with Crippen LogP contribution in [0.4, 0.5) is 23.2 Å². The largest absolute Gasteiger partial charge is 0.573 e. The molecule has 0 atom stereocenters. The maximum atomic E-state index is 15.1. The number of primary amides is 1. The number of benzene rings is 2. The van der Waals surface area contributed by atoms with Crippen LogP contribution in [0.1, 0.15) is 26.4 Å². The molecule has 0 aliphatic rings. The monoisotopic (exact) mass is 513 g/mol. The molecule has 0 aliphatic heterocycles. The van der Waals surface area contributed by atoms with E-state index in [-0.39, 0.29) is 39.2 Å². The van der Waals surface area contributed by atoms with Gasteiger partial charge in [0.2, 0.25) is 0 Å². The van der Waals surface area contributed by atoms with E-state index in [1.165, 1.54) is 25.3 Å². The van der Waals surface area contributed by atoms with E-state index in [0.29, 0.717) is 0 Å². The first-order valence-corrected chi connectivity index (χ1v) is 9.95. The summed E-state index contributed by atoms with van der Waals surface area (Å²) in [7, 11) is 1.16. The zero-order chi connectivity index (χ0) is 25.9. The van der Waals surface area contributed by atoms with E-state index in [1.54, 1.807) is 0 Å². The molecule has 35 heavy (non-hydrogen) atoms. The predicted molar refractivity (Wildman–Crippen MR) is 117 cm³/mol. The Morgan fingerprint density at radius 3 is 2.43 bits per heavy atom. The smallest absolute Gasteiger partial charge is 0.493 e. The lowest BCUT2D eigenvalue weighted by Gasteiger charge is -2.17. The highest BCUT2D eigenvalue weighted by molar-refractivity contribution is 6.31. The van der Waals surface area contributed by atoms with Gasteiger partial charge < -0.3 is 25.3 Å². The number of methoxy groups -OCH3 is 1. The second kappa shape index (κ2) is 10.1. The molecule has 3 N–H and O–H groups in total. The van der Waals surface area contributed by atoms with Crippen molar-refractivity contribution >= 4 is 29.1 Å². The van der Waals surface area contributed by atoms with Crippen molar-refractivity contribution in [2.45, 2.75) is 13.3 Å². The van der Waals surface area contributed by atoms with Crippen molar-refractivity contribution < 1.29 is 41.4 Å². The number of carbonyl (C=O) groups is 2. The molecule has 0 saturated carbocycles. The summed E-state index contributed by atoms with van der Waals surface area (Å²) in [6, 6.07) is 6.61. The third-order valence-corrected chi connectivity index (χ3v) is 4.89. The molecule has 0 spiro atoms. The second-order valence-electron chi connectivity index (χ2n) is 6.88. The van der Waals surface area contributed by atoms with Crippen LogP contribution in [0.2, 0.25) is 5.02 Å². The van der Waals surface area contributed by atoms with E-state index in [2.05, 4.69) is 15.0 Å². The third-order valence-electron chi connectivity index (χ3n) is 4.50. The number of hydrogen-bond donors (Lipinski definition) is 2. The number of alkyl halides is 3. The van der Waals surface area contributed by atoms with Crippen LogP contribution >= 0.6 is 11.6 Å². The number of aromatic nitrogens is 1. The van der Waals surface area contributed by atoms with Crippen molar-refractivity contribution in [3.8, 4) is 23.0 Å². The quantitative estimate of drug-likeness (QED) is 0.418. The molecule has 0 radical (unpaired) electrons. The summed E-state index contributed by atoms with van der Waals surface area (Å²) < 4.78 is 67.2. The Bertz CT molecular complexity index is 1300. The molecular formula is C22H16ClF4N3O5. The van der Waals surface area contributed by atoms with Gasteiger partial charge in [0.05, 0.1) is 12.1 Å². The van der Waals surface area contributed by atoms with Crippen LogP contribution in [0.5, 0.6) is 23.0 Å². The molecule has 3 rings (SSSR count). The lowest BCUT2D eigenvalue weighted by Crippen LogP contribution is -2.18. The Kier molecular flexibility index (Phi) is 7.34. The fourth-order valence-electron chi connectivity index (χ4n) is 2.87. The van der Waals surface area contributed by atoms with Gasteiger partial charge in [-0.2, -0.15) is 0 Å².